The molecule has 0 amide bonds. The van der Waals surface area contributed by atoms with Gasteiger partial charge in [0.1, 0.15) is 5.75 Å². The van der Waals surface area contributed by atoms with Crippen LogP contribution in [0.25, 0.3) is 0 Å². The van der Waals surface area contributed by atoms with Crippen molar-refractivity contribution in [1.82, 2.24) is 0 Å². The molecule has 0 bridgehead atoms. The predicted octanol–water partition coefficient (Wildman–Crippen LogP) is 4.39. The summed E-state index contributed by atoms with van der Waals surface area (Å²) in [5.74, 6) is 1.26. The van der Waals surface area contributed by atoms with Crippen LogP contribution in [0.4, 0.5) is 0 Å². The molecular formula is C11H14BrClO. The summed E-state index contributed by atoms with van der Waals surface area (Å²) in [6.07, 6.45) is 0. The first-order valence-corrected chi connectivity index (χ1v) is 5.76. The van der Waals surface area contributed by atoms with Crippen LogP contribution in [0.1, 0.15) is 24.8 Å². The molecule has 0 radical (unpaired) electrons. The van der Waals surface area contributed by atoms with E-state index in [4.69, 9.17) is 16.3 Å². The Bertz CT molecular complexity index is 312. The third-order valence-electron chi connectivity index (χ3n) is 2.09. The first kappa shape index (κ1) is 11.9. The van der Waals surface area contributed by atoms with Crippen molar-refractivity contribution in [3.05, 3.63) is 28.2 Å². The van der Waals surface area contributed by atoms with Crippen molar-refractivity contribution in [3.8, 4) is 5.75 Å². The number of rotatable bonds is 3. The molecule has 0 saturated carbocycles. The summed E-state index contributed by atoms with van der Waals surface area (Å²) >= 11 is 9.76. The smallest absolute Gasteiger partial charge is 0.120 e. The second-order valence-corrected chi connectivity index (χ2v) is 4.86. The van der Waals surface area contributed by atoms with Crippen LogP contribution >= 0.6 is 27.5 Å². The second-order valence-electron chi connectivity index (χ2n) is 3.53. The molecule has 0 aliphatic rings. The number of benzene rings is 1. The lowest BCUT2D eigenvalue weighted by molar-refractivity contribution is 0.414. The van der Waals surface area contributed by atoms with Gasteiger partial charge in [0.15, 0.2) is 0 Å². The molecule has 1 nitrogen and oxygen atoms in total. The van der Waals surface area contributed by atoms with Crippen LogP contribution < -0.4 is 4.74 Å². The zero-order chi connectivity index (χ0) is 10.7. The second kappa shape index (κ2) is 5.04. The molecule has 1 aromatic rings. The molecule has 0 saturated heterocycles. The van der Waals surface area contributed by atoms with Gasteiger partial charge in [-0.2, -0.15) is 0 Å². The van der Waals surface area contributed by atoms with Gasteiger partial charge in [0.25, 0.3) is 0 Å². The van der Waals surface area contributed by atoms with Crippen molar-refractivity contribution < 1.29 is 4.74 Å². The minimum atomic E-state index is 0.0373. The first-order valence-electron chi connectivity index (χ1n) is 4.53. The maximum atomic E-state index is 6.27. The van der Waals surface area contributed by atoms with E-state index in [1.54, 1.807) is 7.11 Å². The highest BCUT2D eigenvalue weighted by atomic mass is 79.9. The summed E-state index contributed by atoms with van der Waals surface area (Å²) in [7, 11) is 1.65. The molecule has 0 N–H and O–H groups in total. The van der Waals surface area contributed by atoms with Crippen LogP contribution in [-0.4, -0.2) is 7.11 Å². The number of ether oxygens (including phenoxy) is 1. The number of hydrogen-bond donors (Lipinski definition) is 0. The van der Waals surface area contributed by atoms with Gasteiger partial charge in [-0.05, 0) is 23.6 Å². The van der Waals surface area contributed by atoms with E-state index in [-0.39, 0.29) is 5.38 Å². The summed E-state index contributed by atoms with van der Waals surface area (Å²) in [5.41, 5.74) is 1.11. The van der Waals surface area contributed by atoms with Gasteiger partial charge >= 0.3 is 0 Å². The van der Waals surface area contributed by atoms with Gasteiger partial charge in [-0.25, -0.2) is 0 Å². The maximum absolute atomic E-state index is 6.27. The quantitative estimate of drug-likeness (QED) is 0.744. The summed E-state index contributed by atoms with van der Waals surface area (Å²) in [6.45, 7) is 4.21. The van der Waals surface area contributed by atoms with E-state index in [0.717, 1.165) is 15.8 Å². The van der Waals surface area contributed by atoms with Gasteiger partial charge in [0, 0.05) is 4.47 Å². The summed E-state index contributed by atoms with van der Waals surface area (Å²) in [4.78, 5) is 0. The molecule has 0 aliphatic carbocycles. The van der Waals surface area contributed by atoms with Crippen molar-refractivity contribution in [2.75, 3.05) is 7.11 Å². The average Bonchev–Trinajstić information content (AvgIpc) is 2.16. The molecule has 0 aliphatic heterocycles. The molecule has 1 aromatic carbocycles. The van der Waals surface area contributed by atoms with Gasteiger partial charge in [-0.3, -0.25) is 0 Å². The molecule has 1 rings (SSSR count). The Morgan fingerprint density at radius 3 is 2.43 bits per heavy atom. The van der Waals surface area contributed by atoms with Crippen molar-refractivity contribution >= 4 is 27.5 Å². The van der Waals surface area contributed by atoms with E-state index in [1.807, 2.05) is 18.2 Å². The van der Waals surface area contributed by atoms with E-state index in [9.17, 15) is 0 Å². The Labute approximate surface area is 98.5 Å². The van der Waals surface area contributed by atoms with Gasteiger partial charge < -0.3 is 4.74 Å². The minimum absolute atomic E-state index is 0.0373. The van der Waals surface area contributed by atoms with Gasteiger partial charge in [-0.15, -0.1) is 11.6 Å². The van der Waals surface area contributed by atoms with Crippen molar-refractivity contribution in [2.45, 2.75) is 19.2 Å². The van der Waals surface area contributed by atoms with E-state index >= 15 is 0 Å². The topological polar surface area (TPSA) is 9.23 Å². The van der Waals surface area contributed by atoms with Crippen LogP contribution in [-0.2, 0) is 0 Å². The summed E-state index contributed by atoms with van der Waals surface area (Å²) < 4.78 is 6.12. The summed E-state index contributed by atoms with van der Waals surface area (Å²) in [5, 5.41) is 0.0373. The molecule has 14 heavy (non-hydrogen) atoms. The molecule has 0 heterocycles. The molecular weight excluding hydrogens is 263 g/mol. The van der Waals surface area contributed by atoms with Crippen LogP contribution in [0, 0.1) is 5.92 Å². The Morgan fingerprint density at radius 1 is 1.36 bits per heavy atom. The lowest BCUT2D eigenvalue weighted by Crippen LogP contribution is -2.00. The first-order chi connectivity index (χ1) is 6.56. The van der Waals surface area contributed by atoms with E-state index in [0.29, 0.717) is 5.92 Å². The lowest BCUT2D eigenvalue weighted by atomic mass is 10.0. The number of alkyl halides is 1. The zero-order valence-electron chi connectivity index (χ0n) is 8.55. The summed E-state index contributed by atoms with van der Waals surface area (Å²) in [6, 6.07) is 5.87. The molecule has 0 fully saturated rings. The van der Waals surface area contributed by atoms with Gasteiger partial charge in [-0.1, -0.05) is 35.8 Å². The van der Waals surface area contributed by atoms with Gasteiger partial charge in [0.05, 0.1) is 12.5 Å². The fourth-order valence-corrected chi connectivity index (χ4v) is 2.14. The molecule has 78 valence electrons. The fourth-order valence-electron chi connectivity index (χ4n) is 1.22. The highest BCUT2D eigenvalue weighted by molar-refractivity contribution is 9.10. The fraction of sp³-hybridized carbons (Fsp3) is 0.455. The van der Waals surface area contributed by atoms with Crippen LogP contribution in [0.15, 0.2) is 22.7 Å². The normalized spacial score (nSPS) is 13.0. The third-order valence-corrected chi connectivity index (χ3v) is 3.52. The average molecular weight is 278 g/mol. The van der Waals surface area contributed by atoms with Crippen LogP contribution in [0.3, 0.4) is 0 Å². The molecule has 1 unspecified atom stereocenters. The van der Waals surface area contributed by atoms with E-state index in [2.05, 4.69) is 29.8 Å². The molecule has 3 heteroatoms. The van der Waals surface area contributed by atoms with E-state index in [1.165, 1.54) is 0 Å². The monoisotopic (exact) mass is 276 g/mol. The highest BCUT2D eigenvalue weighted by Gasteiger charge is 2.15. The largest absolute Gasteiger partial charge is 0.497 e. The third kappa shape index (κ3) is 2.64. The van der Waals surface area contributed by atoms with Gasteiger partial charge in [0.2, 0.25) is 0 Å². The number of methoxy groups -OCH3 is 1. The Morgan fingerprint density at radius 2 is 2.00 bits per heavy atom. The zero-order valence-corrected chi connectivity index (χ0v) is 10.9. The minimum Gasteiger partial charge on any atom is -0.497 e. The Balaban J connectivity index is 2.99. The van der Waals surface area contributed by atoms with E-state index < -0.39 is 0 Å². The van der Waals surface area contributed by atoms with Crippen LogP contribution in [0.2, 0.25) is 0 Å². The Kier molecular flexibility index (Phi) is 4.27. The maximum Gasteiger partial charge on any atom is 0.120 e. The van der Waals surface area contributed by atoms with Crippen molar-refractivity contribution in [3.63, 3.8) is 0 Å². The number of hydrogen-bond acceptors (Lipinski definition) is 1. The highest BCUT2D eigenvalue weighted by Crippen LogP contribution is 2.35. The van der Waals surface area contributed by atoms with Crippen LogP contribution in [0.5, 0.6) is 5.75 Å². The molecule has 0 aromatic heterocycles. The standard InChI is InChI=1S/C11H14BrClO/c1-7(2)11(13)9-5-4-8(14-3)6-10(9)12/h4-7,11H,1-3H3. The van der Waals surface area contributed by atoms with Crippen molar-refractivity contribution in [2.24, 2.45) is 5.92 Å². The predicted molar refractivity (Wildman–Crippen MR) is 64.1 cm³/mol. The number of halogens is 2. The molecule has 0 spiro atoms. The Hall–Kier alpha value is -0.210. The molecule has 1 atom stereocenters. The lowest BCUT2D eigenvalue weighted by Gasteiger charge is -2.15. The van der Waals surface area contributed by atoms with Crippen molar-refractivity contribution in [1.29, 1.82) is 0 Å². The SMILES string of the molecule is COc1ccc(C(Cl)C(C)C)c(Br)c1.